The Labute approximate surface area is 179 Å². The van der Waals surface area contributed by atoms with Crippen molar-refractivity contribution in [1.29, 1.82) is 0 Å². The summed E-state index contributed by atoms with van der Waals surface area (Å²) in [6, 6.07) is 11.2. The summed E-state index contributed by atoms with van der Waals surface area (Å²) in [6.45, 7) is 1.72. The number of nitrogens with zero attached hydrogens (tertiary/aromatic N) is 1. The first-order chi connectivity index (χ1) is 13.4. The molecule has 5 nitrogen and oxygen atoms in total. The number of nitrogens with one attached hydrogen (secondary N) is 1. The number of rotatable bonds is 8. The quantitative estimate of drug-likeness (QED) is 0.650. The summed E-state index contributed by atoms with van der Waals surface area (Å²) in [5.74, 6) is -0.227. The topological polar surface area (TPSA) is 58.6 Å². The Hall–Kier alpha value is -1.95. The second-order valence-corrected chi connectivity index (χ2v) is 7.27. The van der Waals surface area contributed by atoms with Crippen LogP contribution in [0.2, 0.25) is 15.1 Å². The monoisotopic (exact) mass is 442 g/mol. The van der Waals surface area contributed by atoms with Gasteiger partial charge in [0.15, 0.2) is 6.61 Å². The van der Waals surface area contributed by atoms with Crippen molar-refractivity contribution >= 4 is 46.6 Å². The smallest absolute Gasteiger partial charge is 0.261 e. The molecule has 1 atom stereocenters. The molecule has 0 aliphatic rings. The number of amides is 2. The number of para-hydroxylation sites is 1. The first-order valence-corrected chi connectivity index (χ1v) is 9.83. The van der Waals surface area contributed by atoms with Gasteiger partial charge < -0.3 is 15.0 Å². The van der Waals surface area contributed by atoms with Crippen molar-refractivity contribution in [3.8, 4) is 5.75 Å². The van der Waals surface area contributed by atoms with Gasteiger partial charge in [-0.1, -0.05) is 59.9 Å². The lowest BCUT2D eigenvalue weighted by Gasteiger charge is -2.30. The molecule has 0 aliphatic heterocycles. The molecule has 0 bridgehead atoms. The Kier molecular flexibility index (Phi) is 8.42. The third-order valence-electron chi connectivity index (χ3n) is 4.18. The first-order valence-electron chi connectivity index (χ1n) is 8.69. The van der Waals surface area contributed by atoms with E-state index < -0.39 is 6.04 Å². The summed E-state index contributed by atoms with van der Waals surface area (Å²) < 4.78 is 5.57. The van der Waals surface area contributed by atoms with Gasteiger partial charge in [-0.05, 0) is 36.2 Å². The molecule has 0 heterocycles. The Morgan fingerprint density at radius 2 is 1.82 bits per heavy atom. The maximum absolute atomic E-state index is 12.9. The lowest BCUT2D eigenvalue weighted by molar-refractivity contribution is -0.142. The molecule has 8 heteroatoms. The molecular formula is C20H21Cl3N2O3. The zero-order valence-corrected chi connectivity index (χ0v) is 17.8. The molecule has 150 valence electrons. The Bertz CT molecular complexity index is 845. The summed E-state index contributed by atoms with van der Waals surface area (Å²) in [5.41, 5.74) is 0.680. The number of benzene rings is 2. The van der Waals surface area contributed by atoms with Gasteiger partial charge in [0.25, 0.3) is 5.91 Å². The summed E-state index contributed by atoms with van der Waals surface area (Å²) in [4.78, 5) is 26.7. The fourth-order valence-electron chi connectivity index (χ4n) is 2.70. The van der Waals surface area contributed by atoms with Gasteiger partial charge >= 0.3 is 0 Å². The molecular weight excluding hydrogens is 423 g/mol. The van der Waals surface area contributed by atoms with Gasteiger partial charge in [-0.2, -0.15) is 0 Å². The van der Waals surface area contributed by atoms with E-state index in [9.17, 15) is 9.59 Å². The zero-order chi connectivity index (χ0) is 20.7. The molecule has 0 saturated carbocycles. The van der Waals surface area contributed by atoms with E-state index in [2.05, 4.69) is 5.32 Å². The van der Waals surface area contributed by atoms with Crippen molar-refractivity contribution in [2.75, 3.05) is 13.7 Å². The van der Waals surface area contributed by atoms with Gasteiger partial charge in [-0.25, -0.2) is 0 Å². The molecule has 2 rings (SSSR count). The predicted octanol–water partition coefficient (Wildman–Crippen LogP) is 4.58. The number of hydrogen-bond acceptors (Lipinski definition) is 3. The van der Waals surface area contributed by atoms with Crippen LogP contribution in [0.3, 0.4) is 0 Å². The van der Waals surface area contributed by atoms with E-state index in [1.165, 1.54) is 11.9 Å². The highest BCUT2D eigenvalue weighted by atomic mass is 35.5. The van der Waals surface area contributed by atoms with E-state index in [-0.39, 0.29) is 25.0 Å². The van der Waals surface area contributed by atoms with Crippen molar-refractivity contribution < 1.29 is 14.3 Å². The average molecular weight is 444 g/mol. The molecule has 0 aromatic heterocycles. The molecule has 0 fully saturated rings. The maximum atomic E-state index is 12.9. The fourth-order valence-corrected chi connectivity index (χ4v) is 3.36. The fraction of sp³-hybridized carbons (Fsp3) is 0.300. The normalized spacial score (nSPS) is 11.6. The van der Waals surface area contributed by atoms with Crippen LogP contribution in [0.4, 0.5) is 0 Å². The van der Waals surface area contributed by atoms with E-state index in [1.54, 1.807) is 42.5 Å². The summed E-state index contributed by atoms with van der Waals surface area (Å²) in [5, 5.41) is 3.91. The minimum atomic E-state index is -0.668. The van der Waals surface area contributed by atoms with Gasteiger partial charge in [-0.3, -0.25) is 9.59 Å². The molecule has 0 aliphatic carbocycles. The second-order valence-electron chi connectivity index (χ2n) is 6.01. The number of likely N-dealkylation sites (N-methyl/N-ethyl adjacent to an activating group) is 1. The number of halogens is 3. The van der Waals surface area contributed by atoms with Crippen LogP contribution >= 0.6 is 34.8 Å². The highest BCUT2D eigenvalue weighted by Gasteiger charge is 2.29. The lowest BCUT2D eigenvalue weighted by Crippen LogP contribution is -2.49. The van der Waals surface area contributed by atoms with Crippen LogP contribution in [0.15, 0.2) is 42.5 Å². The van der Waals surface area contributed by atoms with Crippen molar-refractivity contribution in [2.45, 2.75) is 25.9 Å². The van der Waals surface area contributed by atoms with Gasteiger partial charge in [0.05, 0.1) is 5.02 Å². The number of hydrogen-bond donors (Lipinski definition) is 1. The van der Waals surface area contributed by atoms with Gasteiger partial charge in [0.2, 0.25) is 5.91 Å². The van der Waals surface area contributed by atoms with Crippen molar-refractivity contribution in [3.05, 3.63) is 63.1 Å². The van der Waals surface area contributed by atoms with Gasteiger partial charge in [-0.15, -0.1) is 0 Å². The number of ether oxygens (including phenoxy) is 1. The van der Waals surface area contributed by atoms with Gasteiger partial charge in [0, 0.05) is 23.6 Å². The van der Waals surface area contributed by atoms with Crippen molar-refractivity contribution in [1.82, 2.24) is 10.2 Å². The molecule has 1 N–H and O–H groups in total. The first kappa shape index (κ1) is 22.3. The van der Waals surface area contributed by atoms with Gasteiger partial charge in [0.1, 0.15) is 11.8 Å². The van der Waals surface area contributed by atoms with E-state index in [4.69, 9.17) is 39.5 Å². The van der Waals surface area contributed by atoms with E-state index in [0.717, 1.165) is 0 Å². The third kappa shape index (κ3) is 5.77. The predicted molar refractivity (Wildman–Crippen MR) is 112 cm³/mol. The van der Waals surface area contributed by atoms with Crippen molar-refractivity contribution in [2.24, 2.45) is 0 Å². The molecule has 0 saturated heterocycles. The van der Waals surface area contributed by atoms with E-state index in [1.807, 2.05) is 6.92 Å². The zero-order valence-electron chi connectivity index (χ0n) is 15.5. The lowest BCUT2D eigenvalue weighted by atomic mass is 10.1. The molecule has 0 unspecified atom stereocenters. The van der Waals surface area contributed by atoms with Crippen LogP contribution < -0.4 is 10.1 Å². The molecule has 2 aromatic rings. The Morgan fingerprint density at radius 3 is 2.43 bits per heavy atom. The highest BCUT2D eigenvalue weighted by molar-refractivity contribution is 6.35. The number of carbonyl (C=O) groups excluding carboxylic acids is 2. The molecule has 0 radical (unpaired) electrons. The Morgan fingerprint density at radius 1 is 1.11 bits per heavy atom. The van der Waals surface area contributed by atoms with Crippen LogP contribution in [0.25, 0.3) is 0 Å². The van der Waals surface area contributed by atoms with Crippen LogP contribution in [0, 0.1) is 0 Å². The second kappa shape index (κ2) is 10.6. The molecule has 2 amide bonds. The average Bonchev–Trinajstić information content (AvgIpc) is 2.68. The SMILES string of the molecule is CC[C@H](C(=O)NC)N(Cc1ccc(Cl)cc1Cl)C(=O)COc1ccccc1Cl. The minimum Gasteiger partial charge on any atom is -0.482 e. The maximum Gasteiger partial charge on any atom is 0.261 e. The van der Waals surface area contributed by atoms with Crippen LogP contribution in [0.5, 0.6) is 5.75 Å². The summed E-state index contributed by atoms with van der Waals surface area (Å²) in [6.07, 6.45) is 0.433. The summed E-state index contributed by atoms with van der Waals surface area (Å²) in [7, 11) is 1.53. The summed E-state index contributed by atoms with van der Waals surface area (Å²) >= 11 is 18.3. The van der Waals surface area contributed by atoms with E-state index in [0.29, 0.717) is 32.8 Å². The largest absolute Gasteiger partial charge is 0.482 e. The number of carbonyl (C=O) groups is 2. The Balaban J connectivity index is 2.24. The minimum absolute atomic E-state index is 0.145. The van der Waals surface area contributed by atoms with Crippen LogP contribution in [-0.4, -0.2) is 36.4 Å². The van der Waals surface area contributed by atoms with Crippen LogP contribution in [-0.2, 0) is 16.1 Å². The highest BCUT2D eigenvalue weighted by Crippen LogP contribution is 2.25. The molecule has 2 aromatic carbocycles. The molecule has 0 spiro atoms. The molecule has 28 heavy (non-hydrogen) atoms. The van der Waals surface area contributed by atoms with Crippen molar-refractivity contribution in [3.63, 3.8) is 0 Å². The standard InChI is InChI=1S/C20H21Cl3N2O3/c1-3-17(20(27)24-2)25(11-13-8-9-14(21)10-16(13)23)19(26)12-28-18-7-5-4-6-15(18)22/h4-10,17H,3,11-12H2,1-2H3,(H,24,27)/t17-/m1/s1. The van der Waals surface area contributed by atoms with Crippen LogP contribution in [0.1, 0.15) is 18.9 Å². The van der Waals surface area contributed by atoms with E-state index >= 15 is 0 Å². The third-order valence-corrected chi connectivity index (χ3v) is 5.08.